The molecule has 4 aromatic rings. The molecule has 1 aromatic carbocycles. The van der Waals surface area contributed by atoms with Crippen molar-refractivity contribution in [2.45, 2.75) is 26.8 Å². The number of aromatic amines is 1. The van der Waals surface area contributed by atoms with Crippen molar-refractivity contribution >= 4 is 23.1 Å². The second-order valence-corrected chi connectivity index (χ2v) is 9.15. The summed E-state index contributed by atoms with van der Waals surface area (Å²) in [6.45, 7) is 6.63. The number of ether oxygens (including phenoxy) is 1. The smallest absolute Gasteiger partial charge is 0.177 e. The molecule has 3 aromatic heterocycles. The number of nitrogens with zero attached hydrogens (tertiary/aromatic N) is 5. The predicted octanol–water partition coefficient (Wildman–Crippen LogP) is 4.41. The standard InChI is InChI=1S/C25H24N6O/c1-25(2)6-5-20-19(11-25)24(30-15-27-20)31-7-8-32-22-4-3-16(9-18(22)13-31)17-10-21-23(26-12-17)29-14-28-21/h3-6,9-10,12,14-15H,7-8,11,13H2,1-2H3,(H,26,28,29). The van der Waals surface area contributed by atoms with Crippen molar-refractivity contribution in [3.05, 3.63) is 66.0 Å². The molecule has 1 N–H and O–H groups in total. The minimum absolute atomic E-state index is 0.0954. The normalized spacial score (nSPS) is 16.9. The predicted molar refractivity (Wildman–Crippen MR) is 124 cm³/mol. The first-order valence-electron chi connectivity index (χ1n) is 10.9. The van der Waals surface area contributed by atoms with E-state index in [1.54, 1.807) is 12.7 Å². The lowest BCUT2D eigenvalue weighted by Gasteiger charge is -2.30. The molecule has 4 heterocycles. The van der Waals surface area contributed by atoms with Crippen LogP contribution in [-0.2, 0) is 13.0 Å². The molecule has 1 aliphatic carbocycles. The Kier molecular flexibility index (Phi) is 4.24. The Labute approximate surface area is 186 Å². The first-order chi connectivity index (χ1) is 15.6. The molecule has 0 saturated carbocycles. The number of hydrogen-bond donors (Lipinski definition) is 1. The van der Waals surface area contributed by atoms with Crippen LogP contribution in [0.1, 0.15) is 30.7 Å². The third-order valence-corrected chi connectivity index (χ3v) is 6.23. The Morgan fingerprint density at radius 2 is 2.00 bits per heavy atom. The van der Waals surface area contributed by atoms with Crippen molar-refractivity contribution in [2.75, 3.05) is 18.1 Å². The summed E-state index contributed by atoms with van der Waals surface area (Å²) >= 11 is 0. The summed E-state index contributed by atoms with van der Waals surface area (Å²) in [6.07, 6.45) is 10.5. The maximum Gasteiger partial charge on any atom is 0.177 e. The number of aromatic nitrogens is 5. The lowest BCUT2D eigenvalue weighted by atomic mass is 9.81. The second kappa shape index (κ2) is 7.15. The maximum absolute atomic E-state index is 6.10. The summed E-state index contributed by atoms with van der Waals surface area (Å²) in [5.41, 5.74) is 7.28. The van der Waals surface area contributed by atoms with Gasteiger partial charge < -0.3 is 14.6 Å². The van der Waals surface area contributed by atoms with Crippen molar-refractivity contribution in [3.63, 3.8) is 0 Å². The summed E-state index contributed by atoms with van der Waals surface area (Å²) < 4.78 is 6.10. The molecule has 0 radical (unpaired) electrons. The summed E-state index contributed by atoms with van der Waals surface area (Å²) in [4.78, 5) is 23.4. The zero-order valence-corrected chi connectivity index (χ0v) is 18.2. The van der Waals surface area contributed by atoms with Crippen LogP contribution in [0, 0.1) is 5.41 Å². The van der Waals surface area contributed by atoms with Crippen LogP contribution < -0.4 is 9.64 Å². The van der Waals surface area contributed by atoms with Crippen LogP contribution in [0.5, 0.6) is 5.75 Å². The van der Waals surface area contributed by atoms with Gasteiger partial charge in [0.25, 0.3) is 0 Å². The summed E-state index contributed by atoms with van der Waals surface area (Å²) in [5, 5.41) is 0. The average molecular weight is 425 g/mol. The van der Waals surface area contributed by atoms with Gasteiger partial charge in [-0.2, -0.15) is 0 Å². The van der Waals surface area contributed by atoms with E-state index >= 15 is 0 Å². The SMILES string of the molecule is CC1(C)C=Cc2ncnc(N3CCOc4ccc(-c5cnc6nc[nH]c6c5)cc4C3)c2C1. The van der Waals surface area contributed by atoms with E-state index < -0.39 is 0 Å². The molecule has 0 saturated heterocycles. The van der Waals surface area contributed by atoms with Gasteiger partial charge in [-0.3, -0.25) is 0 Å². The zero-order valence-electron chi connectivity index (χ0n) is 18.2. The van der Waals surface area contributed by atoms with Gasteiger partial charge in [0.2, 0.25) is 0 Å². The number of rotatable bonds is 2. The Morgan fingerprint density at radius 3 is 2.94 bits per heavy atom. The first kappa shape index (κ1) is 19.0. The number of pyridine rings is 1. The lowest BCUT2D eigenvalue weighted by molar-refractivity contribution is 0.331. The molecule has 7 nitrogen and oxygen atoms in total. The molecule has 0 amide bonds. The van der Waals surface area contributed by atoms with Gasteiger partial charge in [0.1, 0.15) is 24.5 Å². The molecule has 0 unspecified atom stereocenters. The molecular formula is C25H24N6O. The molecule has 0 atom stereocenters. The Morgan fingerprint density at radius 1 is 1.06 bits per heavy atom. The summed E-state index contributed by atoms with van der Waals surface area (Å²) in [5.74, 6) is 1.94. The van der Waals surface area contributed by atoms with Crippen LogP contribution in [0.3, 0.4) is 0 Å². The third-order valence-electron chi connectivity index (χ3n) is 6.23. The molecule has 2 aliphatic rings. The number of benzene rings is 1. The number of allylic oxidation sites excluding steroid dienone is 1. The monoisotopic (exact) mass is 424 g/mol. The zero-order chi connectivity index (χ0) is 21.7. The number of nitrogens with one attached hydrogen (secondary N) is 1. The molecule has 7 heteroatoms. The first-order valence-corrected chi connectivity index (χ1v) is 10.9. The van der Waals surface area contributed by atoms with E-state index in [1.165, 1.54) is 5.56 Å². The second-order valence-electron chi connectivity index (χ2n) is 9.15. The van der Waals surface area contributed by atoms with Crippen molar-refractivity contribution < 1.29 is 4.74 Å². The van der Waals surface area contributed by atoms with Crippen LogP contribution in [-0.4, -0.2) is 38.1 Å². The van der Waals surface area contributed by atoms with Crippen molar-refractivity contribution in [2.24, 2.45) is 5.41 Å². The van der Waals surface area contributed by atoms with Crippen molar-refractivity contribution in [1.29, 1.82) is 0 Å². The Balaban J connectivity index is 1.37. The molecule has 0 fully saturated rings. The van der Waals surface area contributed by atoms with Crippen LogP contribution in [0.4, 0.5) is 5.82 Å². The van der Waals surface area contributed by atoms with Gasteiger partial charge in [0, 0.05) is 29.4 Å². The quantitative estimate of drug-likeness (QED) is 0.513. The van der Waals surface area contributed by atoms with Gasteiger partial charge in [-0.1, -0.05) is 26.0 Å². The Hall–Kier alpha value is -3.74. The molecule has 6 rings (SSSR count). The van der Waals surface area contributed by atoms with E-state index in [-0.39, 0.29) is 5.41 Å². The van der Waals surface area contributed by atoms with E-state index in [0.29, 0.717) is 6.61 Å². The largest absolute Gasteiger partial charge is 0.491 e. The fourth-order valence-electron chi connectivity index (χ4n) is 4.56. The molecule has 0 spiro atoms. The Bertz CT molecular complexity index is 1360. The number of imidazole rings is 1. The molecular weight excluding hydrogens is 400 g/mol. The van der Waals surface area contributed by atoms with Gasteiger partial charge in [-0.15, -0.1) is 0 Å². The lowest BCUT2D eigenvalue weighted by Crippen LogP contribution is -2.29. The fraction of sp³-hybridized carbons (Fsp3) is 0.280. The van der Waals surface area contributed by atoms with E-state index in [1.807, 2.05) is 6.20 Å². The highest BCUT2D eigenvalue weighted by Gasteiger charge is 2.27. The highest BCUT2D eigenvalue weighted by Crippen LogP contribution is 2.37. The van der Waals surface area contributed by atoms with E-state index in [2.05, 4.69) is 75.1 Å². The maximum atomic E-state index is 6.10. The number of fused-ring (bicyclic) bond motifs is 3. The third kappa shape index (κ3) is 3.30. The highest BCUT2D eigenvalue weighted by molar-refractivity contribution is 5.78. The van der Waals surface area contributed by atoms with Gasteiger partial charge in [-0.05, 0) is 41.7 Å². The molecule has 160 valence electrons. The van der Waals surface area contributed by atoms with E-state index in [0.717, 1.165) is 64.6 Å². The molecule has 1 aliphatic heterocycles. The van der Waals surface area contributed by atoms with Crippen LogP contribution in [0.15, 0.2) is 49.2 Å². The average Bonchev–Trinajstić information content (AvgIpc) is 3.16. The summed E-state index contributed by atoms with van der Waals surface area (Å²) in [7, 11) is 0. The minimum Gasteiger partial charge on any atom is -0.491 e. The number of anilines is 1. The van der Waals surface area contributed by atoms with Gasteiger partial charge in [-0.25, -0.2) is 19.9 Å². The van der Waals surface area contributed by atoms with Crippen LogP contribution in [0.25, 0.3) is 28.4 Å². The highest BCUT2D eigenvalue weighted by atomic mass is 16.5. The van der Waals surface area contributed by atoms with Gasteiger partial charge >= 0.3 is 0 Å². The fourth-order valence-corrected chi connectivity index (χ4v) is 4.56. The van der Waals surface area contributed by atoms with E-state index in [4.69, 9.17) is 9.72 Å². The number of hydrogen-bond acceptors (Lipinski definition) is 6. The topological polar surface area (TPSA) is 79.8 Å². The molecule has 0 bridgehead atoms. The van der Waals surface area contributed by atoms with Crippen LogP contribution >= 0.6 is 0 Å². The summed E-state index contributed by atoms with van der Waals surface area (Å²) in [6, 6.07) is 8.44. The van der Waals surface area contributed by atoms with Crippen LogP contribution in [0.2, 0.25) is 0 Å². The van der Waals surface area contributed by atoms with Gasteiger partial charge in [0.05, 0.1) is 24.1 Å². The van der Waals surface area contributed by atoms with E-state index in [9.17, 15) is 0 Å². The van der Waals surface area contributed by atoms with Gasteiger partial charge in [0.15, 0.2) is 5.65 Å². The van der Waals surface area contributed by atoms with Crippen molar-refractivity contribution in [1.82, 2.24) is 24.9 Å². The molecule has 32 heavy (non-hydrogen) atoms. The van der Waals surface area contributed by atoms with Crippen molar-refractivity contribution in [3.8, 4) is 16.9 Å². The minimum atomic E-state index is 0.0954. The number of H-pyrrole nitrogens is 1.